The first-order chi connectivity index (χ1) is 10.7. The van der Waals surface area contributed by atoms with Gasteiger partial charge in [-0.15, -0.1) is 0 Å². The number of ether oxygens (including phenoxy) is 1. The fourth-order valence-electron chi connectivity index (χ4n) is 3.17. The van der Waals surface area contributed by atoms with Crippen molar-refractivity contribution < 1.29 is 4.74 Å². The lowest BCUT2D eigenvalue weighted by Gasteiger charge is -2.24. The van der Waals surface area contributed by atoms with Crippen LogP contribution in [0.25, 0.3) is 28.9 Å². The van der Waals surface area contributed by atoms with Gasteiger partial charge in [-0.2, -0.15) is 0 Å². The highest BCUT2D eigenvalue weighted by molar-refractivity contribution is 5.84. The molecule has 3 heteroatoms. The molecule has 0 saturated carbocycles. The van der Waals surface area contributed by atoms with Crippen LogP contribution in [0.1, 0.15) is 13.3 Å². The smallest absolute Gasteiger partial charge is 0.137 e. The number of aromatic nitrogens is 2. The molecular weight excluding hydrogens is 272 g/mol. The molecule has 1 atom stereocenters. The van der Waals surface area contributed by atoms with Crippen molar-refractivity contribution in [2.24, 2.45) is 0 Å². The number of pyridine rings is 1. The summed E-state index contributed by atoms with van der Waals surface area (Å²) >= 11 is 0. The van der Waals surface area contributed by atoms with Gasteiger partial charge in [-0.05, 0) is 37.6 Å². The van der Waals surface area contributed by atoms with E-state index in [1.54, 1.807) is 7.11 Å². The predicted molar refractivity (Wildman–Crippen MR) is 89.3 cm³/mol. The number of methoxy groups -OCH3 is 1. The van der Waals surface area contributed by atoms with E-state index >= 15 is 0 Å². The lowest BCUT2D eigenvalue weighted by molar-refractivity contribution is 0.0672. The van der Waals surface area contributed by atoms with Crippen molar-refractivity contribution >= 4 is 23.1 Å². The molecule has 0 fully saturated rings. The number of hydrogen-bond acceptors (Lipinski definition) is 2. The first kappa shape index (κ1) is 13.3. The molecule has 1 aliphatic rings. The Bertz CT molecular complexity index is 956. The van der Waals surface area contributed by atoms with Crippen LogP contribution in [0.5, 0.6) is 0 Å². The van der Waals surface area contributed by atoms with Crippen LogP contribution in [0, 0.1) is 0 Å². The molecule has 1 unspecified atom stereocenters. The summed E-state index contributed by atoms with van der Waals surface area (Å²) in [7, 11) is 1.77. The minimum Gasteiger partial charge on any atom is -0.374 e. The van der Waals surface area contributed by atoms with Crippen LogP contribution in [0.2, 0.25) is 0 Å². The van der Waals surface area contributed by atoms with Gasteiger partial charge in [0.25, 0.3) is 0 Å². The van der Waals surface area contributed by atoms with Crippen LogP contribution < -0.4 is 10.6 Å². The zero-order valence-corrected chi connectivity index (χ0v) is 12.8. The fourth-order valence-corrected chi connectivity index (χ4v) is 3.17. The highest BCUT2D eigenvalue weighted by Crippen LogP contribution is 2.21. The van der Waals surface area contributed by atoms with E-state index in [4.69, 9.17) is 4.74 Å². The maximum absolute atomic E-state index is 5.70. The number of hydrogen-bond donors (Lipinski definition) is 0. The Morgan fingerprint density at radius 3 is 2.73 bits per heavy atom. The average Bonchev–Trinajstić information content (AvgIpc) is 2.89. The van der Waals surface area contributed by atoms with Gasteiger partial charge in [0, 0.05) is 23.9 Å². The molecule has 1 aromatic carbocycles. The van der Waals surface area contributed by atoms with Gasteiger partial charge in [0.05, 0.1) is 16.5 Å². The van der Waals surface area contributed by atoms with E-state index in [1.165, 1.54) is 16.1 Å². The highest BCUT2D eigenvalue weighted by atomic mass is 16.5. The molecule has 2 heterocycles. The predicted octanol–water partition coefficient (Wildman–Crippen LogP) is 2.40. The minimum absolute atomic E-state index is 0.270. The Morgan fingerprint density at radius 2 is 1.95 bits per heavy atom. The first-order valence-corrected chi connectivity index (χ1v) is 7.51. The second-order valence-corrected chi connectivity index (χ2v) is 5.91. The van der Waals surface area contributed by atoms with E-state index in [0.29, 0.717) is 0 Å². The van der Waals surface area contributed by atoms with Crippen molar-refractivity contribution in [2.75, 3.05) is 7.11 Å². The topological polar surface area (TPSA) is 27.1 Å². The van der Waals surface area contributed by atoms with Crippen LogP contribution in [0.3, 0.4) is 0 Å². The minimum atomic E-state index is -0.270. The van der Waals surface area contributed by atoms with Gasteiger partial charge in [0.2, 0.25) is 0 Å². The molecule has 0 N–H and O–H groups in total. The molecule has 4 rings (SSSR count). The summed E-state index contributed by atoms with van der Waals surface area (Å²) in [5.41, 5.74) is 0.910. The molecule has 0 radical (unpaired) electrons. The third kappa shape index (κ3) is 1.90. The summed E-state index contributed by atoms with van der Waals surface area (Å²) < 4.78 is 7.92. The van der Waals surface area contributed by atoms with E-state index in [9.17, 15) is 0 Å². The summed E-state index contributed by atoms with van der Waals surface area (Å²) in [6, 6.07) is 14.5. The molecule has 3 aromatic rings. The van der Waals surface area contributed by atoms with Gasteiger partial charge in [-0.3, -0.25) is 4.57 Å². The molecule has 0 bridgehead atoms. The number of fused-ring (bicyclic) bond motifs is 3. The highest BCUT2D eigenvalue weighted by Gasteiger charge is 2.24. The summed E-state index contributed by atoms with van der Waals surface area (Å²) in [5, 5.41) is 3.70. The van der Waals surface area contributed by atoms with E-state index < -0.39 is 0 Å². The Hall–Kier alpha value is -2.39. The Labute approximate surface area is 129 Å². The van der Waals surface area contributed by atoms with Crippen LogP contribution in [-0.2, 0) is 4.74 Å². The molecule has 0 amide bonds. The van der Waals surface area contributed by atoms with Crippen molar-refractivity contribution in [2.45, 2.75) is 18.9 Å². The second kappa shape index (κ2) is 4.82. The Kier molecular flexibility index (Phi) is 2.91. The van der Waals surface area contributed by atoms with Crippen molar-refractivity contribution in [1.29, 1.82) is 0 Å². The summed E-state index contributed by atoms with van der Waals surface area (Å²) in [4.78, 5) is 4.54. The zero-order valence-electron chi connectivity index (χ0n) is 12.8. The van der Waals surface area contributed by atoms with Crippen LogP contribution >= 0.6 is 0 Å². The third-order valence-corrected chi connectivity index (χ3v) is 4.45. The molecule has 22 heavy (non-hydrogen) atoms. The van der Waals surface area contributed by atoms with Crippen molar-refractivity contribution in [1.82, 2.24) is 9.55 Å². The van der Waals surface area contributed by atoms with Crippen molar-refractivity contribution in [3.05, 3.63) is 59.2 Å². The molecule has 2 aromatic heterocycles. The zero-order chi connectivity index (χ0) is 15.2. The fraction of sp³-hybridized carbons (Fsp3) is 0.211. The SMILES string of the molecule is COC1(C)C=c2c(c3ccccc3n2-c2ccccn2)=CC1. The molecule has 1 aliphatic carbocycles. The summed E-state index contributed by atoms with van der Waals surface area (Å²) in [5.74, 6) is 0.935. The van der Waals surface area contributed by atoms with Crippen LogP contribution in [0.15, 0.2) is 48.7 Å². The van der Waals surface area contributed by atoms with E-state index in [-0.39, 0.29) is 5.60 Å². The van der Waals surface area contributed by atoms with E-state index in [0.717, 1.165) is 17.6 Å². The number of para-hydroxylation sites is 1. The lowest BCUT2D eigenvalue weighted by atomic mass is 9.96. The lowest BCUT2D eigenvalue weighted by Crippen LogP contribution is -2.39. The van der Waals surface area contributed by atoms with E-state index in [1.807, 2.05) is 24.4 Å². The quantitative estimate of drug-likeness (QED) is 0.724. The van der Waals surface area contributed by atoms with Gasteiger partial charge >= 0.3 is 0 Å². The standard InChI is InChI=1S/C19H18N2O/c1-19(22-2)11-10-15-14-7-3-4-8-16(14)21(17(15)13-19)18-9-5-6-12-20-18/h3-10,12-13H,11H2,1-2H3. The average molecular weight is 290 g/mol. The van der Waals surface area contributed by atoms with Gasteiger partial charge in [0.15, 0.2) is 0 Å². The molecule has 0 aliphatic heterocycles. The van der Waals surface area contributed by atoms with Gasteiger partial charge in [-0.1, -0.05) is 30.3 Å². The van der Waals surface area contributed by atoms with Gasteiger partial charge < -0.3 is 4.74 Å². The normalized spacial score (nSPS) is 20.3. The summed E-state index contributed by atoms with van der Waals surface area (Å²) in [6.45, 7) is 2.12. The first-order valence-electron chi connectivity index (χ1n) is 7.51. The maximum atomic E-state index is 5.70. The molecular formula is C19H18N2O. The maximum Gasteiger partial charge on any atom is 0.137 e. The Morgan fingerprint density at radius 1 is 1.14 bits per heavy atom. The third-order valence-electron chi connectivity index (χ3n) is 4.45. The Balaban J connectivity index is 2.18. The molecule has 3 nitrogen and oxygen atoms in total. The largest absolute Gasteiger partial charge is 0.374 e. The van der Waals surface area contributed by atoms with Crippen LogP contribution in [-0.4, -0.2) is 22.3 Å². The monoisotopic (exact) mass is 290 g/mol. The molecule has 110 valence electrons. The number of benzene rings is 1. The van der Waals surface area contributed by atoms with Crippen molar-refractivity contribution in [3.8, 4) is 5.82 Å². The summed E-state index contributed by atoms with van der Waals surface area (Å²) in [6.07, 6.45) is 7.21. The van der Waals surface area contributed by atoms with Crippen LogP contribution in [0.4, 0.5) is 0 Å². The molecule has 0 spiro atoms. The van der Waals surface area contributed by atoms with Gasteiger partial charge in [0.1, 0.15) is 5.82 Å². The number of nitrogens with zero attached hydrogens (tertiary/aromatic N) is 2. The van der Waals surface area contributed by atoms with E-state index in [2.05, 4.69) is 52.9 Å². The van der Waals surface area contributed by atoms with Crippen molar-refractivity contribution in [3.63, 3.8) is 0 Å². The van der Waals surface area contributed by atoms with Gasteiger partial charge in [-0.25, -0.2) is 4.98 Å². The second-order valence-electron chi connectivity index (χ2n) is 5.91. The molecule has 0 saturated heterocycles. The number of rotatable bonds is 2.